The van der Waals surface area contributed by atoms with E-state index in [9.17, 15) is 4.79 Å². The van der Waals surface area contributed by atoms with Gasteiger partial charge in [0.25, 0.3) is 5.91 Å². The number of benzene rings is 4. The van der Waals surface area contributed by atoms with Crippen molar-refractivity contribution in [2.45, 2.75) is 24.1 Å². The Bertz CT molecular complexity index is 1440. The predicted octanol–water partition coefficient (Wildman–Crippen LogP) is 6.83. The van der Waals surface area contributed by atoms with E-state index in [0.29, 0.717) is 12.1 Å². The second-order valence-corrected chi connectivity index (χ2v) is 9.32. The lowest BCUT2D eigenvalue weighted by Gasteiger charge is -2.08. The van der Waals surface area contributed by atoms with Crippen LogP contribution in [0.5, 0.6) is 0 Å². The van der Waals surface area contributed by atoms with Crippen molar-refractivity contribution in [2.75, 3.05) is 6.54 Å². The Balaban J connectivity index is 1.27. The van der Waals surface area contributed by atoms with Crippen LogP contribution >= 0.6 is 11.8 Å². The van der Waals surface area contributed by atoms with Crippen molar-refractivity contribution in [3.63, 3.8) is 0 Å². The molecule has 3 nitrogen and oxygen atoms in total. The fourth-order valence-corrected chi connectivity index (χ4v) is 5.23. The molecule has 0 aliphatic carbocycles. The molecule has 164 valence electrons. The summed E-state index contributed by atoms with van der Waals surface area (Å²) < 4.78 is 2.24. The SMILES string of the molecule is Cc1cccc(CSc2cn(CCNC(=O)c3ccc4ccccc4c3)c3ccccc23)c1. The highest BCUT2D eigenvalue weighted by molar-refractivity contribution is 7.98. The van der Waals surface area contributed by atoms with Crippen LogP contribution in [0.2, 0.25) is 0 Å². The lowest BCUT2D eigenvalue weighted by molar-refractivity contribution is 0.0952. The van der Waals surface area contributed by atoms with Crippen molar-refractivity contribution in [1.29, 1.82) is 0 Å². The number of fused-ring (bicyclic) bond motifs is 2. The number of hydrogen-bond donors (Lipinski definition) is 1. The number of para-hydroxylation sites is 1. The van der Waals surface area contributed by atoms with Crippen molar-refractivity contribution >= 4 is 39.3 Å². The standard InChI is InChI=1S/C29H26N2OS/c1-21-7-6-8-22(17-21)20-33-28-19-31(27-12-5-4-11-26(27)28)16-15-30-29(32)25-14-13-23-9-2-3-10-24(23)18-25/h2-14,17-19H,15-16,20H2,1H3,(H,30,32). The fraction of sp³-hybridized carbons (Fsp3) is 0.138. The quantitative estimate of drug-likeness (QED) is 0.276. The molecule has 0 atom stereocenters. The molecule has 0 unspecified atom stereocenters. The van der Waals surface area contributed by atoms with Crippen molar-refractivity contribution in [3.8, 4) is 0 Å². The minimum Gasteiger partial charge on any atom is -0.350 e. The Labute approximate surface area is 198 Å². The third-order valence-corrected chi connectivity index (χ3v) is 6.99. The van der Waals surface area contributed by atoms with E-state index >= 15 is 0 Å². The topological polar surface area (TPSA) is 34.0 Å². The molecule has 0 aliphatic heterocycles. The summed E-state index contributed by atoms with van der Waals surface area (Å²) in [7, 11) is 0. The molecule has 0 spiro atoms. The number of aryl methyl sites for hydroxylation is 1. The molecule has 5 aromatic rings. The van der Waals surface area contributed by atoms with Gasteiger partial charge in [-0.2, -0.15) is 0 Å². The lowest BCUT2D eigenvalue weighted by Crippen LogP contribution is -2.27. The minimum absolute atomic E-state index is 0.0359. The molecule has 1 N–H and O–H groups in total. The van der Waals surface area contributed by atoms with Gasteiger partial charge in [-0.1, -0.05) is 78.4 Å². The van der Waals surface area contributed by atoms with Gasteiger partial charge in [0.05, 0.1) is 0 Å². The van der Waals surface area contributed by atoms with E-state index in [4.69, 9.17) is 0 Å². The first kappa shape index (κ1) is 21.4. The van der Waals surface area contributed by atoms with E-state index in [1.165, 1.54) is 26.9 Å². The predicted molar refractivity (Wildman–Crippen MR) is 139 cm³/mol. The number of nitrogens with zero attached hydrogens (tertiary/aromatic N) is 1. The van der Waals surface area contributed by atoms with E-state index in [1.807, 2.05) is 48.2 Å². The van der Waals surface area contributed by atoms with Crippen molar-refractivity contribution in [3.05, 3.63) is 114 Å². The fourth-order valence-electron chi connectivity index (χ4n) is 4.20. The second-order valence-electron chi connectivity index (χ2n) is 8.30. The molecule has 0 saturated carbocycles. The van der Waals surface area contributed by atoms with Gasteiger partial charge in [-0.25, -0.2) is 0 Å². The van der Waals surface area contributed by atoms with E-state index in [1.54, 1.807) is 0 Å². The molecule has 4 heteroatoms. The van der Waals surface area contributed by atoms with Crippen LogP contribution in [0.3, 0.4) is 0 Å². The van der Waals surface area contributed by atoms with Crippen LogP contribution in [0.4, 0.5) is 0 Å². The first-order valence-corrected chi connectivity index (χ1v) is 12.2. The van der Waals surface area contributed by atoms with Gasteiger partial charge in [-0.05, 0) is 41.5 Å². The zero-order valence-electron chi connectivity index (χ0n) is 18.6. The molecule has 4 aromatic carbocycles. The molecule has 1 aromatic heterocycles. The first-order valence-electron chi connectivity index (χ1n) is 11.2. The molecular formula is C29H26N2OS. The van der Waals surface area contributed by atoms with Crippen LogP contribution < -0.4 is 5.32 Å². The number of nitrogens with one attached hydrogen (secondary N) is 1. The largest absolute Gasteiger partial charge is 0.350 e. The third-order valence-electron chi connectivity index (χ3n) is 5.88. The summed E-state index contributed by atoms with van der Waals surface area (Å²) in [5.41, 5.74) is 4.52. The monoisotopic (exact) mass is 450 g/mol. The molecule has 1 heterocycles. The van der Waals surface area contributed by atoms with Gasteiger partial charge in [0.1, 0.15) is 0 Å². The van der Waals surface area contributed by atoms with Crippen molar-refractivity contribution in [1.82, 2.24) is 9.88 Å². The highest BCUT2D eigenvalue weighted by atomic mass is 32.2. The van der Waals surface area contributed by atoms with Crippen LogP contribution in [0.15, 0.2) is 102 Å². The number of carbonyl (C=O) groups excluding carboxylic acids is 1. The maximum Gasteiger partial charge on any atom is 0.251 e. The van der Waals surface area contributed by atoms with Gasteiger partial charge >= 0.3 is 0 Å². The van der Waals surface area contributed by atoms with Crippen molar-refractivity contribution in [2.24, 2.45) is 0 Å². The number of hydrogen-bond acceptors (Lipinski definition) is 2. The summed E-state index contributed by atoms with van der Waals surface area (Å²) in [6.45, 7) is 3.43. The maximum absolute atomic E-state index is 12.7. The number of thioether (sulfide) groups is 1. The molecule has 0 saturated heterocycles. The van der Waals surface area contributed by atoms with Gasteiger partial charge < -0.3 is 9.88 Å². The summed E-state index contributed by atoms with van der Waals surface area (Å²) in [5.74, 6) is 0.903. The van der Waals surface area contributed by atoms with Gasteiger partial charge in [0, 0.05) is 46.4 Å². The normalized spacial score (nSPS) is 11.2. The Morgan fingerprint density at radius 3 is 2.58 bits per heavy atom. The van der Waals surface area contributed by atoms with Crippen LogP contribution in [0.25, 0.3) is 21.7 Å². The van der Waals surface area contributed by atoms with Gasteiger partial charge in [0.15, 0.2) is 0 Å². The molecule has 1 amide bonds. The van der Waals surface area contributed by atoms with E-state index < -0.39 is 0 Å². The summed E-state index contributed by atoms with van der Waals surface area (Å²) in [5, 5.41) is 6.57. The average Bonchev–Trinajstić information content (AvgIpc) is 3.20. The smallest absolute Gasteiger partial charge is 0.251 e. The molecule has 5 rings (SSSR count). The van der Waals surface area contributed by atoms with Crippen LogP contribution in [0, 0.1) is 6.92 Å². The highest BCUT2D eigenvalue weighted by Gasteiger charge is 2.10. The highest BCUT2D eigenvalue weighted by Crippen LogP contribution is 2.32. The van der Waals surface area contributed by atoms with E-state index in [2.05, 4.69) is 77.6 Å². The Hall–Kier alpha value is -3.50. The molecule has 0 radical (unpaired) electrons. The van der Waals surface area contributed by atoms with Gasteiger partial charge in [0.2, 0.25) is 0 Å². The summed E-state index contributed by atoms with van der Waals surface area (Å²) in [6, 6.07) is 31.1. The Morgan fingerprint density at radius 1 is 0.879 bits per heavy atom. The molecule has 0 fully saturated rings. The number of carbonyl (C=O) groups is 1. The lowest BCUT2D eigenvalue weighted by atomic mass is 10.1. The third kappa shape index (κ3) is 4.81. The van der Waals surface area contributed by atoms with Crippen LogP contribution in [0.1, 0.15) is 21.5 Å². The van der Waals surface area contributed by atoms with Crippen molar-refractivity contribution < 1.29 is 4.79 Å². The second kappa shape index (κ2) is 9.55. The Morgan fingerprint density at radius 2 is 1.70 bits per heavy atom. The zero-order chi connectivity index (χ0) is 22.6. The van der Waals surface area contributed by atoms with Crippen LogP contribution in [-0.4, -0.2) is 17.0 Å². The summed E-state index contributed by atoms with van der Waals surface area (Å²) in [6.07, 6.45) is 2.22. The van der Waals surface area contributed by atoms with Gasteiger partial charge in [-0.3, -0.25) is 4.79 Å². The summed E-state index contributed by atoms with van der Waals surface area (Å²) >= 11 is 1.86. The number of amides is 1. The minimum atomic E-state index is -0.0359. The molecule has 0 aliphatic rings. The van der Waals surface area contributed by atoms with E-state index in [-0.39, 0.29) is 5.91 Å². The molecule has 0 bridgehead atoms. The average molecular weight is 451 g/mol. The van der Waals surface area contributed by atoms with Crippen LogP contribution in [-0.2, 0) is 12.3 Å². The summed E-state index contributed by atoms with van der Waals surface area (Å²) in [4.78, 5) is 14.0. The maximum atomic E-state index is 12.7. The van der Waals surface area contributed by atoms with Gasteiger partial charge in [-0.15, -0.1) is 11.8 Å². The van der Waals surface area contributed by atoms with E-state index in [0.717, 1.165) is 23.1 Å². The Kier molecular flexibility index (Phi) is 6.18. The first-order chi connectivity index (χ1) is 16.2. The molecule has 33 heavy (non-hydrogen) atoms. The number of rotatable bonds is 7. The number of aromatic nitrogens is 1. The molecular weight excluding hydrogens is 424 g/mol. The zero-order valence-corrected chi connectivity index (χ0v) is 19.4.